The molecule has 27 heavy (non-hydrogen) atoms. The zero-order valence-electron chi connectivity index (χ0n) is 16.4. The Morgan fingerprint density at radius 1 is 0.926 bits per heavy atom. The fourth-order valence-electron chi connectivity index (χ4n) is 5.79. The van der Waals surface area contributed by atoms with Crippen molar-refractivity contribution in [3.05, 3.63) is 0 Å². The molecular formula is C20H37Cl2N3O2. The maximum atomic E-state index is 13.4. The van der Waals surface area contributed by atoms with Crippen molar-refractivity contribution in [1.82, 2.24) is 9.80 Å². The highest BCUT2D eigenvalue weighted by Crippen LogP contribution is 2.42. The summed E-state index contributed by atoms with van der Waals surface area (Å²) in [6, 6.07) is 0.762. The second kappa shape index (κ2) is 10.6. The number of nitrogens with two attached hydrogens (primary N) is 1. The molecule has 0 radical (unpaired) electrons. The van der Waals surface area contributed by atoms with E-state index in [4.69, 9.17) is 10.5 Å². The SMILES string of the molecule is Cl.Cl.NC1C2CCCC1CC(C(=O)N1CCCCC1CN1CCOCC1)C2. The number of hydrogen-bond donors (Lipinski definition) is 1. The number of halogens is 2. The second-order valence-corrected chi connectivity index (χ2v) is 8.79. The van der Waals surface area contributed by atoms with E-state index in [2.05, 4.69) is 9.80 Å². The number of morpholine rings is 1. The van der Waals surface area contributed by atoms with Crippen LogP contribution in [-0.2, 0) is 9.53 Å². The van der Waals surface area contributed by atoms with Gasteiger partial charge in [-0.3, -0.25) is 9.69 Å². The number of carbonyl (C=O) groups is 1. The third kappa shape index (κ3) is 5.30. The first-order valence-electron chi connectivity index (χ1n) is 10.6. The van der Waals surface area contributed by atoms with Gasteiger partial charge in [0, 0.05) is 44.2 Å². The molecular weight excluding hydrogens is 385 g/mol. The van der Waals surface area contributed by atoms with Crippen LogP contribution in [0.25, 0.3) is 0 Å². The van der Waals surface area contributed by atoms with Gasteiger partial charge in [-0.2, -0.15) is 0 Å². The largest absolute Gasteiger partial charge is 0.379 e. The van der Waals surface area contributed by atoms with E-state index in [0.29, 0.717) is 29.8 Å². The Bertz CT molecular complexity index is 462. The van der Waals surface area contributed by atoms with Gasteiger partial charge in [0.1, 0.15) is 0 Å². The van der Waals surface area contributed by atoms with Crippen molar-refractivity contribution in [2.24, 2.45) is 23.5 Å². The van der Waals surface area contributed by atoms with Gasteiger partial charge >= 0.3 is 0 Å². The number of ether oxygens (including phenoxy) is 1. The summed E-state index contributed by atoms with van der Waals surface area (Å²) in [5, 5.41) is 0. The Morgan fingerprint density at radius 3 is 2.26 bits per heavy atom. The fraction of sp³-hybridized carbons (Fsp3) is 0.950. The van der Waals surface area contributed by atoms with Crippen LogP contribution in [0.2, 0.25) is 0 Å². The molecule has 158 valence electrons. The summed E-state index contributed by atoms with van der Waals surface area (Å²) in [4.78, 5) is 18.1. The number of amides is 1. The van der Waals surface area contributed by atoms with Gasteiger partial charge in [-0.15, -0.1) is 24.8 Å². The van der Waals surface area contributed by atoms with Crippen LogP contribution in [-0.4, -0.2) is 67.2 Å². The van der Waals surface area contributed by atoms with Crippen molar-refractivity contribution in [2.45, 2.75) is 63.5 Å². The molecule has 0 aromatic rings. The van der Waals surface area contributed by atoms with Gasteiger partial charge in [0.15, 0.2) is 0 Å². The third-order valence-electron chi connectivity index (χ3n) is 7.25. The lowest BCUT2D eigenvalue weighted by atomic mass is 9.64. The molecule has 2 bridgehead atoms. The molecule has 4 fully saturated rings. The van der Waals surface area contributed by atoms with Crippen molar-refractivity contribution in [3.63, 3.8) is 0 Å². The first-order valence-corrected chi connectivity index (χ1v) is 10.6. The number of carbonyl (C=O) groups excluding carboxylic acids is 1. The zero-order valence-corrected chi connectivity index (χ0v) is 18.0. The maximum Gasteiger partial charge on any atom is 0.225 e. The molecule has 2 heterocycles. The van der Waals surface area contributed by atoms with E-state index in [1.54, 1.807) is 0 Å². The third-order valence-corrected chi connectivity index (χ3v) is 7.25. The van der Waals surface area contributed by atoms with Crippen LogP contribution in [0.5, 0.6) is 0 Å². The van der Waals surface area contributed by atoms with Crippen molar-refractivity contribution >= 4 is 30.7 Å². The highest BCUT2D eigenvalue weighted by atomic mass is 35.5. The van der Waals surface area contributed by atoms with Gasteiger partial charge in [-0.05, 0) is 56.8 Å². The molecule has 4 aliphatic rings. The van der Waals surface area contributed by atoms with E-state index >= 15 is 0 Å². The van der Waals surface area contributed by atoms with Crippen LogP contribution < -0.4 is 5.73 Å². The number of likely N-dealkylation sites (tertiary alicyclic amines) is 1. The minimum Gasteiger partial charge on any atom is -0.379 e. The predicted molar refractivity (Wildman–Crippen MR) is 113 cm³/mol. The second-order valence-electron chi connectivity index (χ2n) is 8.79. The van der Waals surface area contributed by atoms with E-state index in [1.807, 2.05) is 0 Å². The van der Waals surface area contributed by atoms with Gasteiger partial charge < -0.3 is 15.4 Å². The lowest BCUT2D eigenvalue weighted by molar-refractivity contribution is -0.143. The fourth-order valence-corrected chi connectivity index (χ4v) is 5.79. The van der Waals surface area contributed by atoms with Crippen LogP contribution in [0.4, 0.5) is 0 Å². The van der Waals surface area contributed by atoms with E-state index in [-0.39, 0.29) is 30.7 Å². The zero-order chi connectivity index (χ0) is 17.2. The smallest absolute Gasteiger partial charge is 0.225 e. The molecule has 4 rings (SSSR count). The standard InChI is InChI=1S/C20H35N3O2.2ClH/c21-19-15-4-3-5-16(19)13-17(12-15)20(24)23-7-2-1-6-18(23)14-22-8-10-25-11-9-22;;/h15-19H,1-14,21H2;2*1H. The van der Waals surface area contributed by atoms with Crippen LogP contribution >= 0.6 is 24.8 Å². The molecule has 2 saturated carbocycles. The highest BCUT2D eigenvalue weighted by molar-refractivity contribution is 5.85. The number of hydrogen-bond acceptors (Lipinski definition) is 4. The Labute approximate surface area is 176 Å². The summed E-state index contributed by atoms with van der Waals surface area (Å²) in [7, 11) is 0. The highest BCUT2D eigenvalue weighted by Gasteiger charge is 2.42. The van der Waals surface area contributed by atoms with E-state index in [1.165, 1.54) is 38.5 Å². The quantitative estimate of drug-likeness (QED) is 0.760. The molecule has 3 unspecified atom stereocenters. The number of fused-ring (bicyclic) bond motifs is 2. The minimum absolute atomic E-state index is 0. The lowest BCUT2D eigenvalue weighted by Gasteiger charge is -2.46. The first-order chi connectivity index (χ1) is 12.2. The molecule has 1 amide bonds. The minimum atomic E-state index is 0. The van der Waals surface area contributed by atoms with Crippen LogP contribution in [0, 0.1) is 17.8 Å². The Hall–Kier alpha value is -0.0700. The Morgan fingerprint density at radius 2 is 1.59 bits per heavy atom. The van der Waals surface area contributed by atoms with Gasteiger partial charge in [0.2, 0.25) is 5.91 Å². The normalized spacial score (nSPS) is 37.1. The average Bonchev–Trinajstić information content (AvgIpc) is 2.62. The van der Waals surface area contributed by atoms with E-state index < -0.39 is 0 Å². The molecule has 3 atom stereocenters. The number of nitrogens with zero attached hydrogens (tertiary/aromatic N) is 2. The molecule has 2 saturated heterocycles. The van der Waals surface area contributed by atoms with Gasteiger partial charge in [0.25, 0.3) is 0 Å². The summed E-state index contributed by atoms with van der Waals surface area (Å²) in [5.41, 5.74) is 6.43. The Balaban J connectivity index is 0.00000131. The first kappa shape index (κ1) is 23.2. The summed E-state index contributed by atoms with van der Waals surface area (Å²) >= 11 is 0. The van der Waals surface area contributed by atoms with Crippen LogP contribution in [0.3, 0.4) is 0 Å². The van der Waals surface area contributed by atoms with Crippen molar-refractivity contribution in [3.8, 4) is 0 Å². The monoisotopic (exact) mass is 421 g/mol. The molecule has 7 heteroatoms. The summed E-state index contributed by atoms with van der Waals surface area (Å²) in [5.74, 6) is 1.86. The van der Waals surface area contributed by atoms with Gasteiger partial charge in [-0.1, -0.05) is 6.42 Å². The van der Waals surface area contributed by atoms with E-state index in [0.717, 1.165) is 52.2 Å². The molecule has 2 aliphatic carbocycles. The number of piperidine rings is 1. The molecule has 0 spiro atoms. The van der Waals surface area contributed by atoms with Crippen molar-refractivity contribution in [2.75, 3.05) is 39.4 Å². The van der Waals surface area contributed by atoms with E-state index in [9.17, 15) is 4.79 Å². The van der Waals surface area contributed by atoms with Crippen molar-refractivity contribution in [1.29, 1.82) is 0 Å². The molecule has 2 N–H and O–H groups in total. The average molecular weight is 422 g/mol. The summed E-state index contributed by atoms with van der Waals surface area (Å²) in [6.07, 6.45) is 9.46. The molecule has 0 aromatic carbocycles. The predicted octanol–water partition coefficient (Wildman–Crippen LogP) is 2.70. The number of rotatable bonds is 3. The van der Waals surface area contributed by atoms with Crippen LogP contribution in [0.15, 0.2) is 0 Å². The summed E-state index contributed by atoms with van der Waals surface area (Å²) in [6.45, 7) is 5.71. The molecule has 5 nitrogen and oxygen atoms in total. The topological polar surface area (TPSA) is 58.8 Å². The lowest BCUT2D eigenvalue weighted by Crippen LogP contribution is -2.55. The van der Waals surface area contributed by atoms with Gasteiger partial charge in [-0.25, -0.2) is 0 Å². The Kier molecular flexibility index (Phi) is 9.14. The summed E-state index contributed by atoms with van der Waals surface area (Å²) < 4.78 is 5.48. The maximum absolute atomic E-state index is 13.4. The van der Waals surface area contributed by atoms with Crippen molar-refractivity contribution < 1.29 is 9.53 Å². The van der Waals surface area contributed by atoms with Gasteiger partial charge in [0.05, 0.1) is 13.2 Å². The molecule has 0 aromatic heterocycles. The van der Waals surface area contributed by atoms with Crippen LogP contribution in [0.1, 0.15) is 51.4 Å². The molecule has 2 aliphatic heterocycles.